The molecule has 8 heteroatoms. The number of methoxy groups -OCH3 is 2. The van der Waals surface area contributed by atoms with Crippen LogP contribution in [-0.2, 0) is 4.79 Å². The van der Waals surface area contributed by atoms with Crippen molar-refractivity contribution in [2.24, 2.45) is 5.92 Å². The molecule has 0 spiro atoms. The number of aromatic amines is 1. The number of piperidine rings is 1. The third-order valence-electron chi connectivity index (χ3n) is 8.21. The maximum atomic E-state index is 13.2. The van der Waals surface area contributed by atoms with E-state index in [4.69, 9.17) is 14.5 Å². The molecule has 1 aliphatic carbocycles. The minimum atomic E-state index is -0.448. The van der Waals surface area contributed by atoms with E-state index in [9.17, 15) is 10.1 Å². The molecule has 2 aliphatic rings. The molecule has 1 saturated heterocycles. The second-order valence-electron chi connectivity index (χ2n) is 11.2. The highest BCUT2D eigenvalue weighted by molar-refractivity contribution is 6.04. The van der Waals surface area contributed by atoms with Crippen LogP contribution in [0.3, 0.4) is 0 Å². The SMILES string of the molecule is COc1ccc([C@@H](C)NC(=O)/C(C#N)=C/c2c[nH]c3ncc(C4=C(CN5CCCCC5)C=CC(C)C4)cc23)cc1OC. The molecular weight excluding hydrogens is 526 g/mol. The molecule has 1 aromatic carbocycles. The summed E-state index contributed by atoms with van der Waals surface area (Å²) in [6.45, 7) is 7.35. The Kier molecular flexibility index (Phi) is 9.09. The van der Waals surface area contributed by atoms with Crippen LogP contribution < -0.4 is 14.8 Å². The summed E-state index contributed by atoms with van der Waals surface area (Å²) in [6.07, 6.45) is 14.8. The summed E-state index contributed by atoms with van der Waals surface area (Å²) in [4.78, 5) is 23.6. The monoisotopic (exact) mass is 565 g/mol. The molecule has 1 aliphatic heterocycles. The molecule has 2 aromatic heterocycles. The maximum Gasteiger partial charge on any atom is 0.262 e. The number of pyridine rings is 1. The molecule has 0 radical (unpaired) electrons. The molecule has 0 bridgehead atoms. The standard InChI is InChI=1S/C34H39N5O3/c1-22-8-9-25(21-39-12-6-5-7-13-39)29(14-22)28-16-30-27(19-36-33(30)37-20-28)15-26(18-35)34(40)38-23(2)24-10-11-31(41-3)32(17-24)42-4/h8-11,15-17,19-20,22-23H,5-7,12-14,21H2,1-4H3,(H,36,37)(H,38,40)/b26-15+/t22?,23-/m1/s1. The Morgan fingerprint density at radius 3 is 2.74 bits per heavy atom. The Morgan fingerprint density at radius 1 is 1.21 bits per heavy atom. The van der Waals surface area contributed by atoms with Crippen LogP contribution in [0, 0.1) is 17.2 Å². The van der Waals surface area contributed by atoms with E-state index in [0.717, 1.165) is 53.8 Å². The average molecular weight is 566 g/mol. The Balaban J connectivity index is 1.41. The summed E-state index contributed by atoms with van der Waals surface area (Å²) in [5, 5.41) is 13.7. The predicted molar refractivity (Wildman–Crippen MR) is 166 cm³/mol. The first-order valence-corrected chi connectivity index (χ1v) is 14.6. The number of hydrogen-bond acceptors (Lipinski definition) is 6. The summed E-state index contributed by atoms with van der Waals surface area (Å²) in [5.41, 5.74) is 6.09. The zero-order chi connectivity index (χ0) is 29.6. The lowest BCUT2D eigenvalue weighted by atomic mass is 9.86. The normalized spacial score (nSPS) is 18.5. The first-order chi connectivity index (χ1) is 20.4. The smallest absolute Gasteiger partial charge is 0.262 e. The van der Waals surface area contributed by atoms with Gasteiger partial charge in [-0.2, -0.15) is 5.26 Å². The number of H-pyrrole nitrogens is 1. The first-order valence-electron chi connectivity index (χ1n) is 14.6. The van der Waals surface area contributed by atoms with Gasteiger partial charge in [-0.15, -0.1) is 0 Å². The van der Waals surface area contributed by atoms with Crippen LogP contribution in [0.5, 0.6) is 11.5 Å². The number of carbonyl (C=O) groups excluding carboxylic acids is 1. The van der Waals surface area contributed by atoms with Gasteiger partial charge in [-0.05, 0) is 91.7 Å². The van der Waals surface area contributed by atoms with E-state index in [-0.39, 0.29) is 11.6 Å². The van der Waals surface area contributed by atoms with Gasteiger partial charge >= 0.3 is 0 Å². The first kappa shape index (κ1) is 29.2. The largest absolute Gasteiger partial charge is 0.493 e. The number of ether oxygens (including phenoxy) is 2. The molecular formula is C34H39N5O3. The number of amides is 1. The third-order valence-corrected chi connectivity index (χ3v) is 8.21. The van der Waals surface area contributed by atoms with Crippen molar-refractivity contribution in [2.45, 2.75) is 45.6 Å². The second-order valence-corrected chi connectivity index (χ2v) is 11.2. The molecule has 3 aromatic rings. The fraction of sp³-hybridized carbons (Fsp3) is 0.382. The fourth-order valence-corrected chi connectivity index (χ4v) is 5.80. The number of aromatic nitrogens is 2. The summed E-state index contributed by atoms with van der Waals surface area (Å²) < 4.78 is 10.7. The van der Waals surface area contributed by atoms with Crippen molar-refractivity contribution in [3.05, 3.63) is 76.6 Å². The number of nitriles is 1. The van der Waals surface area contributed by atoms with E-state index in [2.05, 4.69) is 46.4 Å². The number of fused-ring (bicyclic) bond motifs is 1. The number of likely N-dealkylation sites (tertiary alicyclic amines) is 1. The Morgan fingerprint density at radius 2 is 2.00 bits per heavy atom. The van der Waals surface area contributed by atoms with Gasteiger partial charge in [0.25, 0.3) is 5.91 Å². The lowest BCUT2D eigenvalue weighted by molar-refractivity contribution is -0.117. The van der Waals surface area contributed by atoms with E-state index in [1.807, 2.05) is 25.3 Å². The topological polar surface area (TPSA) is 103 Å². The number of carbonyl (C=O) groups is 1. The lowest BCUT2D eigenvalue weighted by Crippen LogP contribution is -2.31. The zero-order valence-electron chi connectivity index (χ0n) is 24.9. The molecule has 8 nitrogen and oxygen atoms in total. The van der Waals surface area contributed by atoms with E-state index in [1.54, 1.807) is 32.6 Å². The van der Waals surface area contributed by atoms with E-state index < -0.39 is 5.91 Å². The zero-order valence-corrected chi connectivity index (χ0v) is 24.9. The van der Waals surface area contributed by atoms with Crippen molar-refractivity contribution in [3.63, 3.8) is 0 Å². The quantitative estimate of drug-likeness (QED) is 0.237. The molecule has 1 amide bonds. The van der Waals surface area contributed by atoms with Crippen molar-refractivity contribution < 1.29 is 14.3 Å². The van der Waals surface area contributed by atoms with Crippen LogP contribution >= 0.6 is 0 Å². The molecule has 218 valence electrons. The van der Waals surface area contributed by atoms with Gasteiger partial charge in [-0.3, -0.25) is 9.69 Å². The van der Waals surface area contributed by atoms with Crippen molar-refractivity contribution in [1.29, 1.82) is 5.26 Å². The average Bonchev–Trinajstić information content (AvgIpc) is 3.42. The van der Waals surface area contributed by atoms with Crippen molar-refractivity contribution in [2.75, 3.05) is 33.9 Å². The van der Waals surface area contributed by atoms with Gasteiger partial charge in [0, 0.05) is 29.9 Å². The predicted octanol–water partition coefficient (Wildman–Crippen LogP) is 6.20. The molecule has 2 N–H and O–H groups in total. The Bertz CT molecular complexity index is 1590. The summed E-state index contributed by atoms with van der Waals surface area (Å²) in [5.74, 6) is 1.19. The molecule has 42 heavy (non-hydrogen) atoms. The van der Waals surface area contributed by atoms with Crippen molar-refractivity contribution in [3.8, 4) is 17.6 Å². The van der Waals surface area contributed by atoms with Gasteiger partial charge in [0.2, 0.25) is 0 Å². The summed E-state index contributed by atoms with van der Waals surface area (Å²) in [6, 6.07) is 9.36. The number of benzene rings is 1. The van der Waals surface area contributed by atoms with Crippen molar-refractivity contribution in [1.82, 2.24) is 20.2 Å². The molecule has 1 unspecified atom stereocenters. The number of hydrogen-bond donors (Lipinski definition) is 2. The van der Waals surface area contributed by atoms with Crippen molar-refractivity contribution >= 4 is 28.6 Å². The van der Waals surface area contributed by atoms with Gasteiger partial charge in [0.05, 0.1) is 20.3 Å². The van der Waals surface area contributed by atoms with Crippen LogP contribution in [0.2, 0.25) is 0 Å². The molecule has 5 rings (SSSR count). The lowest BCUT2D eigenvalue weighted by Gasteiger charge is -2.29. The minimum absolute atomic E-state index is 0.0212. The van der Waals surface area contributed by atoms with Crippen LogP contribution in [-0.4, -0.2) is 54.6 Å². The van der Waals surface area contributed by atoms with Gasteiger partial charge in [0.15, 0.2) is 11.5 Å². The summed E-state index contributed by atoms with van der Waals surface area (Å²) >= 11 is 0. The van der Waals surface area contributed by atoms with E-state index >= 15 is 0 Å². The van der Waals surface area contributed by atoms with Gasteiger partial charge in [0.1, 0.15) is 17.3 Å². The van der Waals surface area contributed by atoms with Gasteiger partial charge in [-0.1, -0.05) is 31.6 Å². The van der Waals surface area contributed by atoms with Crippen LogP contribution in [0.4, 0.5) is 0 Å². The number of rotatable bonds is 9. The Labute approximate surface area is 247 Å². The molecule has 3 heterocycles. The number of nitrogens with one attached hydrogen (secondary N) is 2. The molecule has 2 atom stereocenters. The third kappa shape index (κ3) is 6.42. The highest BCUT2D eigenvalue weighted by atomic mass is 16.5. The van der Waals surface area contributed by atoms with Gasteiger partial charge < -0.3 is 19.8 Å². The Hall–Kier alpha value is -4.35. The van der Waals surface area contributed by atoms with Crippen LogP contribution in [0.25, 0.3) is 22.7 Å². The number of nitrogens with zero attached hydrogens (tertiary/aromatic N) is 3. The second kappa shape index (κ2) is 13.1. The van der Waals surface area contributed by atoms with E-state index in [1.165, 1.54) is 30.4 Å². The van der Waals surface area contributed by atoms with Crippen LogP contribution in [0.15, 0.2) is 60.0 Å². The number of allylic oxidation sites excluding steroid dienone is 2. The highest BCUT2D eigenvalue weighted by Gasteiger charge is 2.21. The fourth-order valence-electron chi connectivity index (χ4n) is 5.80. The summed E-state index contributed by atoms with van der Waals surface area (Å²) in [7, 11) is 3.15. The maximum absolute atomic E-state index is 13.2. The highest BCUT2D eigenvalue weighted by Crippen LogP contribution is 2.34. The minimum Gasteiger partial charge on any atom is -0.493 e. The van der Waals surface area contributed by atoms with Gasteiger partial charge in [-0.25, -0.2) is 4.98 Å². The molecule has 1 fully saturated rings. The van der Waals surface area contributed by atoms with E-state index in [0.29, 0.717) is 17.4 Å². The molecule has 0 saturated carbocycles. The van der Waals surface area contributed by atoms with Crippen LogP contribution in [0.1, 0.15) is 62.3 Å².